The average Bonchev–Trinajstić information content (AvgIpc) is 2.43. The van der Waals surface area contributed by atoms with Gasteiger partial charge in [-0.3, -0.25) is 0 Å². The second-order valence-corrected chi connectivity index (χ2v) is 5.16. The standard InChI is InChI=1S/C16H16ClF2N/c1-2-3-10-4-6-11(7-5-10)16(20)12-8-15(19)13(17)9-14(12)18/h4-9,16H,2-3,20H2,1H3. The van der Waals surface area contributed by atoms with Crippen LogP contribution in [0.15, 0.2) is 36.4 Å². The number of nitrogens with two attached hydrogens (primary N) is 1. The Morgan fingerprint density at radius 2 is 1.75 bits per heavy atom. The molecule has 0 amide bonds. The van der Waals surface area contributed by atoms with E-state index in [1.54, 1.807) is 0 Å². The average molecular weight is 296 g/mol. The van der Waals surface area contributed by atoms with E-state index in [9.17, 15) is 8.78 Å². The molecule has 20 heavy (non-hydrogen) atoms. The molecule has 2 N–H and O–H groups in total. The van der Waals surface area contributed by atoms with Crippen molar-refractivity contribution >= 4 is 11.6 Å². The van der Waals surface area contributed by atoms with Crippen LogP contribution >= 0.6 is 11.6 Å². The second kappa shape index (κ2) is 6.33. The molecule has 4 heteroatoms. The minimum atomic E-state index is -0.711. The number of hydrogen-bond acceptors (Lipinski definition) is 1. The molecule has 1 nitrogen and oxygen atoms in total. The molecule has 0 saturated heterocycles. The summed E-state index contributed by atoms with van der Waals surface area (Å²) in [4.78, 5) is 0. The summed E-state index contributed by atoms with van der Waals surface area (Å²) in [6.45, 7) is 2.10. The fourth-order valence-corrected chi connectivity index (χ4v) is 2.29. The summed E-state index contributed by atoms with van der Waals surface area (Å²) < 4.78 is 27.3. The third-order valence-corrected chi connectivity index (χ3v) is 3.54. The van der Waals surface area contributed by atoms with Gasteiger partial charge in [0.2, 0.25) is 0 Å². The lowest BCUT2D eigenvalue weighted by atomic mass is 9.97. The van der Waals surface area contributed by atoms with Crippen LogP contribution in [0.3, 0.4) is 0 Å². The number of hydrogen-bond donors (Lipinski definition) is 1. The van der Waals surface area contributed by atoms with Crippen LogP contribution in [0.5, 0.6) is 0 Å². The van der Waals surface area contributed by atoms with E-state index < -0.39 is 17.7 Å². The minimum absolute atomic E-state index is 0.107. The first kappa shape index (κ1) is 14.9. The molecule has 1 unspecified atom stereocenters. The largest absolute Gasteiger partial charge is 0.320 e. The van der Waals surface area contributed by atoms with E-state index in [-0.39, 0.29) is 10.6 Å². The lowest BCUT2D eigenvalue weighted by molar-refractivity contribution is 0.577. The highest BCUT2D eigenvalue weighted by atomic mass is 35.5. The monoisotopic (exact) mass is 295 g/mol. The maximum absolute atomic E-state index is 13.8. The van der Waals surface area contributed by atoms with Crippen LogP contribution in [-0.2, 0) is 6.42 Å². The van der Waals surface area contributed by atoms with Gasteiger partial charge in [-0.25, -0.2) is 8.78 Å². The van der Waals surface area contributed by atoms with E-state index in [4.69, 9.17) is 17.3 Å². The summed E-state index contributed by atoms with van der Waals surface area (Å²) >= 11 is 5.54. The Balaban J connectivity index is 2.31. The molecule has 0 bridgehead atoms. The number of benzene rings is 2. The SMILES string of the molecule is CCCc1ccc(C(N)c2cc(F)c(Cl)cc2F)cc1. The lowest BCUT2D eigenvalue weighted by Crippen LogP contribution is -2.14. The van der Waals surface area contributed by atoms with Gasteiger partial charge in [0.05, 0.1) is 11.1 Å². The van der Waals surface area contributed by atoms with Crippen LogP contribution < -0.4 is 5.73 Å². The van der Waals surface area contributed by atoms with Gasteiger partial charge in [0.1, 0.15) is 11.6 Å². The van der Waals surface area contributed by atoms with Gasteiger partial charge in [-0.1, -0.05) is 49.2 Å². The zero-order valence-electron chi connectivity index (χ0n) is 11.2. The first-order valence-electron chi connectivity index (χ1n) is 6.51. The van der Waals surface area contributed by atoms with Crippen molar-refractivity contribution < 1.29 is 8.78 Å². The predicted octanol–water partition coefficient (Wildman–Crippen LogP) is 4.62. The van der Waals surface area contributed by atoms with Gasteiger partial charge in [0, 0.05) is 5.56 Å². The van der Waals surface area contributed by atoms with E-state index in [0.717, 1.165) is 30.5 Å². The van der Waals surface area contributed by atoms with Crippen molar-refractivity contribution in [2.75, 3.05) is 0 Å². The van der Waals surface area contributed by atoms with Gasteiger partial charge in [-0.2, -0.15) is 0 Å². The van der Waals surface area contributed by atoms with Crippen LogP contribution in [0.25, 0.3) is 0 Å². The lowest BCUT2D eigenvalue weighted by Gasteiger charge is -2.14. The number of rotatable bonds is 4. The van der Waals surface area contributed by atoms with Crippen molar-refractivity contribution in [2.24, 2.45) is 5.73 Å². The van der Waals surface area contributed by atoms with E-state index in [1.165, 1.54) is 5.56 Å². The third kappa shape index (κ3) is 3.17. The minimum Gasteiger partial charge on any atom is -0.320 e. The Bertz CT molecular complexity index is 596. The molecule has 0 aliphatic heterocycles. The molecule has 0 spiro atoms. The van der Waals surface area contributed by atoms with Crippen LogP contribution in [0.2, 0.25) is 5.02 Å². The van der Waals surface area contributed by atoms with Gasteiger partial charge in [-0.05, 0) is 29.7 Å². The van der Waals surface area contributed by atoms with Gasteiger partial charge >= 0.3 is 0 Å². The maximum atomic E-state index is 13.8. The Kier molecular flexibility index (Phi) is 4.73. The number of halogens is 3. The normalized spacial score (nSPS) is 12.4. The Labute approximate surface area is 122 Å². The predicted molar refractivity (Wildman–Crippen MR) is 77.8 cm³/mol. The van der Waals surface area contributed by atoms with Gasteiger partial charge < -0.3 is 5.73 Å². The maximum Gasteiger partial charge on any atom is 0.142 e. The molecule has 106 valence electrons. The molecule has 0 fully saturated rings. The van der Waals surface area contributed by atoms with E-state index in [0.29, 0.717) is 0 Å². The molecule has 2 aromatic carbocycles. The number of aryl methyl sites for hydroxylation is 1. The smallest absolute Gasteiger partial charge is 0.142 e. The van der Waals surface area contributed by atoms with Crippen molar-refractivity contribution in [3.8, 4) is 0 Å². The summed E-state index contributed by atoms with van der Waals surface area (Å²) in [6, 6.07) is 8.92. The van der Waals surface area contributed by atoms with E-state index in [1.807, 2.05) is 24.3 Å². The van der Waals surface area contributed by atoms with Gasteiger partial charge in [0.25, 0.3) is 0 Å². The van der Waals surface area contributed by atoms with Crippen LogP contribution in [0.1, 0.15) is 36.1 Å². The van der Waals surface area contributed by atoms with Crippen LogP contribution in [0, 0.1) is 11.6 Å². The zero-order chi connectivity index (χ0) is 14.7. The van der Waals surface area contributed by atoms with Gasteiger partial charge in [0.15, 0.2) is 0 Å². The molecule has 0 saturated carbocycles. The van der Waals surface area contributed by atoms with Crippen molar-refractivity contribution in [1.82, 2.24) is 0 Å². The molecule has 0 aliphatic rings. The van der Waals surface area contributed by atoms with Crippen LogP contribution in [0.4, 0.5) is 8.78 Å². The van der Waals surface area contributed by atoms with Gasteiger partial charge in [-0.15, -0.1) is 0 Å². The Morgan fingerprint density at radius 3 is 2.35 bits per heavy atom. The quantitative estimate of drug-likeness (QED) is 0.818. The summed E-state index contributed by atoms with van der Waals surface area (Å²) in [5.74, 6) is -1.26. The zero-order valence-corrected chi connectivity index (χ0v) is 11.9. The molecule has 2 aromatic rings. The van der Waals surface area contributed by atoms with E-state index in [2.05, 4.69) is 6.92 Å². The molecule has 0 aromatic heterocycles. The summed E-state index contributed by atoms with van der Waals surface area (Å²) in [5.41, 5.74) is 8.06. The third-order valence-electron chi connectivity index (χ3n) is 3.25. The molecule has 0 radical (unpaired) electrons. The van der Waals surface area contributed by atoms with Crippen LogP contribution in [-0.4, -0.2) is 0 Å². The topological polar surface area (TPSA) is 26.0 Å². The fourth-order valence-electron chi connectivity index (χ4n) is 2.14. The fraction of sp³-hybridized carbons (Fsp3) is 0.250. The highest BCUT2D eigenvalue weighted by molar-refractivity contribution is 6.30. The summed E-state index contributed by atoms with van der Waals surface area (Å²) in [6.07, 6.45) is 2.04. The molecule has 2 rings (SSSR count). The second-order valence-electron chi connectivity index (χ2n) is 4.76. The Morgan fingerprint density at radius 1 is 1.10 bits per heavy atom. The van der Waals surface area contributed by atoms with E-state index >= 15 is 0 Å². The molecule has 0 aliphatic carbocycles. The summed E-state index contributed by atoms with van der Waals surface area (Å²) in [7, 11) is 0. The highest BCUT2D eigenvalue weighted by Gasteiger charge is 2.16. The van der Waals surface area contributed by atoms with Crippen molar-refractivity contribution in [2.45, 2.75) is 25.8 Å². The van der Waals surface area contributed by atoms with Crippen molar-refractivity contribution in [1.29, 1.82) is 0 Å². The highest BCUT2D eigenvalue weighted by Crippen LogP contribution is 2.27. The first-order chi connectivity index (χ1) is 9.52. The molecule has 1 atom stereocenters. The Hall–Kier alpha value is -1.45. The summed E-state index contributed by atoms with van der Waals surface area (Å²) in [5, 5.41) is -0.239. The molecular weight excluding hydrogens is 280 g/mol. The first-order valence-corrected chi connectivity index (χ1v) is 6.89. The molecule has 0 heterocycles. The van der Waals surface area contributed by atoms with Crippen molar-refractivity contribution in [3.05, 3.63) is 69.7 Å². The molecular formula is C16H16ClF2N. The van der Waals surface area contributed by atoms with Crippen molar-refractivity contribution in [3.63, 3.8) is 0 Å².